The zero-order chi connectivity index (χ0) is 19.9. The molecule has 1 atom stereocenters. The van der Waals surface area contributed by atoms with Gasteiger partial charge in [-0.15, -0.1) is 0 Å². The van der Waals surface area contributed by atoms with Crippen molar-refractivity contribution in [2.75, 3.05) is 33.0 Å². The first-order chi connectivity index (χ1) is 13.7. The third-order valence-electron chi connectivity index (χ3n) is 4.76. The van der Waals surface area contributed by atoms with E-state index >= 15 is 0 Å². The predicted octanol–water partition coefficient (Wildman–Crippen LogP) is 4.52. The van der Waals surface area contributed by atoms with Crippen molar-refractivity contribution in [1.82, 2.24) is 5.32 Å². The summed E-state index contributed by atoms with van der Waals surface area (Å²) < 4.78 is 23.2. The molecule has 28 heavy (non-hydrogen) atoms. The lowest BCUT2D eigenvalue weighted by Gasteiger charge is -2.29. The number of ether oxygens (including phenoxy) is 4. The zero-order valence-corrected chi connectivity index (χ0v) is 17.3. The summed E-state index contributed by atoms with van der Waals surface area (Å²) in [5, 5.41) is 3.64. The number of fused-ring (bicyclic) bond motifs is 1. The Kier molecular flexibility index (Phi) is 7.04. The van der Waals surface area contributed by atoms with Crippen LogP contribution in [0.25, 0.3) is 0 Å². The fraction of sp³-hybridized carbons (Fsp3) is 0.478. The third-order valence-corrected chi connectivity index (χ3v) is 4.76. The van der Waals surface area contributed by atoms with Crippen molar-refractivity contribution in [3.8, 4) is 23.0 Å². The van der Waals surface area contributed by atoms with E-state index in [-0.39, 0.29) is 6.04 Å². The molecule has 5 nitrogen and oxygen atoms in total. The van der Waals surface area contributed by atoms with E-state index in [4.69, 9.17) is 18.9 Å². The molecule has 0 spiro atoms. The van der Waals surface area contributed by atoms with E-state index in [1.807, 2.05) is 33.8 Å². The highest BCUT2D eigenvalue weighted by Crippen LogP contribution is 2.39. The maximum absolute atomic E-state index is 5.86. The first kappa shape index (κ1) is 20.3. The second-order valence-electron chi connectivity index (χ2n) is 6.57. The summed E-state index contributed by atoms with van der Waals surface area (Å²) >= 11 is 0. The Labute approximate surface area is 168 Å². The van der Waals surface area contributed by atoms with Crippen LogP contribution in [-0.4, -0.2) is 33.0 Å². The lowest BCUT2D eigenvalue weighted by atomic mass is 9.89. The first-order valence-electron chi connectivity index (χ1n) is 10.3. The topological polar surface area (TPSA) is 49.0 Å². The van der Waals surface area contributed by atoms with Crippen LogP contribution < -0.4 is 24.3 Å². The summed E-state index contributed by atoms with van der Waals surface area (Å²) in [5.74, 6) is 3.19. The number of hydrogen-bond acceptors (Lipinski definition) is 5. The third kappa shape index (κ3) is 4.36. The van der Waals surface area contributed by atoms with Crippen LogP contribution in [0, 0.1) is 0 Å². The highest BCUT2D eigenvalue weighted by molar-refractivity contribution is 5.53. The van der Waals surface area contributed by atoms with Gasteiger partial charge in [0.05, 0.1) is 32.5 Å². The molecule has 0 bridgehead atoms. The fourth-order valence-electron chi connectivity index (χ4n) is 3.65. The van der Waals surface area contributed by atoms with Crippen LogP contribution in [0.15, 0.2) is 30.3 Å². The van der Waals surface area contributed by atoms with Gasteiger partial charge in [0.1, 0.15) is 0 Å². The summed E-state index contributed by atoms with van der Waals surface area (Å²) in [6, 6.07) is 10.5. The smallest absolute Gasteiger partial charge is 0.161 e. The number of rotatable bonds is 9. The molecule has 1 aliphatic heterocycles. The van der Waals surface area contributed by atoms with Crippen molar-refractivity contribution in [2.24, 2.45) is 0 Å². The molecular weight excluding hydrogens is 354 g/mol. The number of benzene rings is 2. The van der Waals surface area contributed by atoms with E-state index < -0.39 is 0 Å². The minimum absolute atomic E-state index is 0.0773. The highest BCUT2D eigenvalue weighted by atomic mass is 16.5. The van der Waals surface area contributed by atoms with Gasteiger partial charge < -0.3 is 24.3 Å². The lowest BCUT2D eigenvalue weighted by Crippen LogP contribution is -2.30. The molecule has 0 amide bonds. The van der Waals surface area contributed by atoms with E-state index in [0.717, 1.165) is 41.5 Å². The molecule has 5 heteroatoms. The van der Waals surface area contributed by atoms with Crippen LogP contribution in [0.5, 0.6) is 23.0 Å². The molecule has 0 unspecified atom stereocenters. The maximum atomic E-state index is 5.86. The van der Waals surface area contributed by atoms with Crippen molar-refractivity contribution in [1.29, 1.82) is 0 Å². The molecule has 1 heterocycles. The van der Waals surface area contributed by atoms with Gasteiger partial charge in [0.2, 0.25) is 0 Å². The van der Waals surface area contributed by atoms with E-state index in [1.54, 1.807) is 0 Å². The van der Waals surface area contributed by atoms with Crippen LogP contribution in [0.1, 0.15) is 50.4 Å². The van der Waals surface area contributed by atoms with Crippen LogP contribution in [0.3, 0.4) is 0 Å². The van der Waals surface area contributed by atoms with E-state index in [0.29, 0.717) is 26.4 Å². The minimum Gasteiger partial charge on any atom is -0.490 e. The first-order valence-corrected chi connectivity index (χ1v) is 10.3. The second kappa shape index (κ2) is 9.69. The molecule has 0 saturated heterocycles. The Morgan fingerprint density at radius 2 is 1.32 bits per heavy atom. The molecule has 152 valence electrons. The average Bonchev–Trinajstić information content (AvgIpc) is 2.70. The van der Waals surface area contributed by atoms with Gasteiger partial charge >= 0.3 is 0 Å². The number of hydrogen-bond donors (Lipinski definition) is 1. The van der Waals surface area contributed by atoms with Gasteiger partial charge in [-0.25, -0.2) is 0 Å². The summed E-state index contributed by atoms with van der Waals surface area (Å²) in [4.78, 5) is 0. The molecule has 0 radical (unpaired) electrons. The van der Waals surface area contributed by atoms with E-state index in [9.17, 15) is 0 Å². The Morgan fingerprint density at radius 3 is 1.96 bits per heavy atom. The summed E-state index contributed by atoms with van der Waals surface area (Å²) in [5.41, 5.74) is 3.67. The number of nitrogens with one attached hydrogen (secondary N) is 1. The Morgan fingerprint density at radius 1 is 0.750 bits per heavy atom. The highest BCUT2D eigenvalue weighted by Gasteiger charge is 2.25. The SMILES string of the molecule is CCOc1ccc([C@H]2NCCc3cc(OCC)c(OCC)cc32)cc1OCC. The van der Waals surface area contributed by atoms with Gasteiger partial charge in [0.15, 0.2) is 23.0 Å². The van der Waals surface area contributed by atoms with Gasteiger partial charge in [-0.1, -0.05) is 6.07 Å². The van der Waals surface area contributed by atoms with Gasteiger partial charge in [-0.05, 0) is 75.1 Å². The molecule has 3 rings (SSSR count). The fourth-order valence-corrected chi connectivity index (χ4v) is 3.65. The molecule has 0 aliphatic carbocycles. The molecule has 2 aromatic rings. The summed E-state index contributed by atoms with van der Waals surface area (Å²) in [7, 11) is 0. The quantitative estimate of drug-likeness (QED) is 0.688. The summed E-state index contributed by atoms with van der Waals surface area (Å²) in [6.45, 7) is 11.3. The van der Waals surface area contributed by atoms with Crippen LogP contribution in [-0.2, 0) is 6.42 Å². The largest absolute Gasteiger partial charge is 0.490 e. The molecule has 0 fully saturated rings. The van der Waals surface area contributed by atoms with Crippen molar-refractivity contribution in [3.63, 3.8) is 0 Å². The van der Waals surface area contributed by atoms with Crippen molar-refractivity contribution in [2.45, 2.75) is 40.2 Å². The molecular formula is C23H31NO4. The van der Waals surface area contributed by atoms with Crippen molar-refractivity contribution < 1.29 is 18.9 Å². The van der Waals surface area contributed by atoms with E-state index in [1.165, 1.54) is 11.1 Å². The molecule has 0 aromatic heterocycles. The van der Waals surface area contributed by atoms with Gasteiger partial charge in [0, 0.05) is 6.54 Å². The Balaban J connectivity index is 2.01. The van der Waals surface area contributed by atoms with Crippen LogP contribution in [0.2, 0.25) is 0 Å². The lowest BCUT2D eigenvalue weighted by molar-refractivity contribution is 0.286. The minimum atomic E-state index is 0.0773. The average molecular weight is 386 g/mol. The molecule has 1 N–H and O–H groups in total. The second-order valence-corrected chi connectivity index (χ2v) is 6.57. The summed E-state index contributed by atoms with van der Waals surface area (Å²) in [6.07, 6.45) is 0.966. The van der Waals surface area contributed by atoms with Gasteiger partial charge in [-0.3, -0.25) is 0 Å². The monoisotopic (exact) mass is 385 g/mol. The van der Waals surface area contributed by atoms with Crippen LogP contribution >= 0.6 is 0 Å². The van der Waals surface area contributed by atoms with E-state index in [2.05, 4.69) is 29.6 Å². The predicted molar refractivity (Wildman–Crippen MR) is 111 cm³/mol. The van der Waals surface area contributed by atoms with Crippen molar-refractivity contribution >= 4 is 0 Å². The zero-order valence-electron chi connectivity index (χ0n) is 17.3. The molecule has 1 aliphatic rings. The Bertz CT molecular complexity index is 790. The normalized spacial score (nSPS) is 15.6. The van der Waals surface area contributed by atoms with Gasteiger partial charge in [0.25, 0.3) is 0 Å². The Hall–Kier alpha value is -2.40. The standard InChI is InChI=1S/C23H31NO4/c1-5-25-19-10-9-17(14-20(19)26-6-2)23-18-15-22(28-8-4)21(27-7-3)13-16(18)11-12-24-23/h9-10,13-15,23-24H,5-8,11-12H2,1-4H3/t23-/m1/s1. The van der Waals surface area contributed by atoms with Gasteiger partial charge in [-0.2, -0.15) is 0 Å². The van der Waals surface area contributed by atoms with Crippen LogP contribution in [0.4, 0.5) is 0 Å². The molecule has 0 saturated carbocycles. The molecule has 2 aromatic carbocycles. The van der Waals surface area contributed by atoms with Crippen molar-refractivity contribution in [3.05, 3.63) is 47.0 Å². The maximum Gasteiger partial charge on any atom is 0.161 e.